The zero-order chi connectivity index (χ0) is 12.1. The number of esters is 1. The van der Waals surface area contributed by atoms with Crippen LogP contribution in [0.25, 0.3) is 0 Å². The van der Waals surface area contributed by atoms with E-state index in [9.17, 15) is 9.59 Å². The van der Waals surface area contributed by atoms with Gasteiger partial charge in [-0.2, -0.15) is 12.6 Å². The molecule has 0 aromatic rings. The summed E-state index contributed by atoms with van der Waals surface area (Å²) in [4.78, 5) is 22.9. The Morgan fingerprint density at radius 1 is 1.33 bits per heavy atom. The van der Waals surface area contributed by atoms with E-state index in [1.807, 2.05) is 6.92 Å². The number of hydrogen-bond donors (Lipinski definition) is 1. The Morgan fingerprint density at radius 2 is 1.87 bits per heavy atom. The predicted molar refractivity (Wildman–Crippen MR) is 63.2 cm³/mol. The number of thiol groups is 1. The first-order valence-electron chi connectivity index (χ1n) is 5.21. The van der Waals surface area contributed by atoms with Crippen molar-refractivity contribution in [3.8, 4) is 0 Å². The molecule has 0 spiro atoms. The number of Topliss-reactive ketones (excluding diaryl/α,β-unsaturated/α-hetero) is 1. The topological polar surface area (TPSA) is 43.4 Å². The van der Waals surface area contributed by atoms with Gasteiger partial charge in [-0.25, -0.2) is 0 Å². The van der Waals surface area contributed by atoms with Gasteiger partial charge in [0.1, 0.15) is 5.60 Å². The van der Waals surface area contributed by atoms with Gasteiger partial charge in [-0.15, -0.1) is 0 Å². The van der Waals surface area contributed by atoms with E-state index in [0.717, 1.165) is 12.8 Å². The van der Waals surface area contributed by atoms with Crippen molar-refractivity contribution < 1.29 is 14.3 Å². The fraction of sp³-hybridized carbons (Fsp3) is 0.818. The minimum atomic E-state index is -0.934. The second-order valence-electron chi connectivity index (χ2n) is 4.51. The SMILES string of the molecule is CCCCC(=O)C(S)C(=O)OC(C)(C)C. The number of carbonyl (C=O) groups is 2. The van der Waals surface area contributed by atoms with Crippen LogP contribution in [0.5, 0.6) is 0 Å². The quantitative estimate of drug-likeness (QED) is 0.449. The average molecular weight is 232 g/mol. The van der Waals surface area contributed by atoms with E-state index in [-0.39, 0.29) is 5.78 Å². The summed E-state index contributed by atoms with van der Waals surface area (Å²) < 4.78 is 5.06. The predicted octanol–water partition coefficient (Wildman–Crippen LogP) is 2.39. The zero-order valence-corrected chi connectivity index (χ0v) is 10.8. The lowest BCUT2D eigenvalue weighted by Crippen LogP contribution is -2.33. The van der Waals surface area contributed by atoms with E-state index in [0.29, 0.717) is 6.42 Å². The first-order chi connectivity index (χ1) is 6.78. The summed E-state index contributed by atoms with van der Waals surface area (Å²) in [6, 6.07) is 0. The summed E-state index contributed by atoms with van der Waals surface area (Å²) in [5, 5.41) is -0.934. The second kappa shape index (κ2) is 6.16. The standard InChI is InChI=1S/C11H20O3S/c1-5-6-7-8(12)9(15)10(13)14-11(2,3)4/h9,15H,5-7H2,1-4H3. The highest BCUT2D eigenvalue weighted by atomic mass is 32.1. The molecule has 4 heteroatoms. The number of unbranched alkanes of at least 4 members (excludes halogenated alkanes) is 1. The second-order valence-corrected chi connectivity index (χ2v) is 5.02. The van der Waals surface area contributed by atoms with Crippen molar-refractivity contribution in [3.05, 3.63) is 0 Å². The Kier molecular flexibility index (Phi) is 5.95. The third kappa shape index (κ3) is 6.55. The molecular formula is C11H20O3S. The highest BCUT2D eigenvalue weighted by Gasteiger charge is 2.27. The number of ketones is 1. The van der Waals surface area contributed by atoms with Crippen molar-refractivity contribution >= 4 is 24.4 Å². The van der Waals surface area contributed by atoms with E-state index in [1.54, 1.807) is 20.8 Å². The van der Waals surface area contributed by atoms with Gasteiger partial charge in [-0.05, 0) is 27.2 Å². The van der Waals surface area contributed by atoms with E-state index < -0.39 is 16.8 Å². The monoisotopic (exact) mass is 232 g/mol. The largest absolute Gasteiger partial charge is 0.459 e. The molecule has 0 aromatic heterocycles. The summed E-state index contributed by atoms with van der Waals surface area (Å²) in [5.74, 6) is -0.707. The van der Waals surface area contributed by atoms with Crippen LogP contribution in [0.2, 0.25) is 0 Å². The molecule has 1 unspecified atom stereocenters. The van der Waals surface area contributed by atoms with Crippen molar-refractivity contribution in [3.63, 3.8) is 0 Å². The van der Waals surface area contributed by atoms with Crippen LogP contribution in [0.1, 0.15) is 47.0 Å². The lowest BCUT2D eigenvalue weighted by atomic mass is 10.1. The highest BCUT2D eigenvalue weighted by molar-refractivity contribution is 7.82. The molecule has 0 radical (unpaired) electrons. The maximum absolute atomic E-state index is 11.5. The first kappa shape index (κ1) is 14.5. The molecule has 0 heterocycles. The van der Waals surface area contributed by atoms with Crippen LogP contribution >= 0.6 is 12.6 Å². The van der Waals surface area contributed by atoms with Crippen molar-refractivity contribution in [1.82, 2.24) is 0 Å². The number of ether oxygens (including phenoxy) is 1. The molecular weight excluding hydrogens is 212 g/mol. The van der Waals surface area contributed by atoms with Crippen LogP contribution in [0.15, 0.2) is 0 Å². The van der Waals surface area contributed by atoms with Gasteiger partial charge in [0.05, 0.1) is 0 Å². The van der Waals surface area contributed by atoms with E-state index in [2.05, 4.69) is 12.6 Å². The Balaban J connectivity index is 4.14. The van der Waals surface area contributed by atoms with Crippen molar-refractivity contribution in [1.29, 1.82) is 0 Å². The summed E-state index contributed by atoms with van der Waals surface area (Å²) in [6.45, 7) is 7.29. The highest BCUT2D eigenvalue weighted by Crippen LogP contribution is 2.13. The Morgan fingerprint density at radius 3 is 2.27 bits per heavy atom. The Labute approximate surface area is 97.0 Å². The van der Waals surface area contributed by atoms with Gasteiger partial charge in [0.2, 0.25) is 0 Å². The minimum absolute atomic E-state index is 0.158. The lowest BCUT2D eigenvalue weighted by molar-refractivity contribution is -0.155. The van der Waals surface area contributed by atoms with Gasteiger partial charge in [0.15, 0.2) is 11.0 Å². The summed E-state index contributed by atoms with van der Waals surface area (Å²) in [5.41, 5.74) is -0.566. The summed E-state index contributed by atoms with van der Waals surface area (Å²) in [6.07, 6.45) is 2.11. The van der Waals surface area contributed by atoms with Crippen molar-refractivity contribution in [2.75, 3.05) is 0 Å². The molecule has 1 atom stereocenters. The molecule has 0 saturated heterocycles. The Bertz CT molecular complexity index is 230. The maximum Gasteiger partial charge on any atom is 0.326 e. The van der Waals surface area contributed by atoms with Gasteiger partial charge in [-0.1, -0.05) is 13.3 Å². The molecule has 3 nitrogen and oxygen atoms in total. The molecule has 0 amide bonds. The maximum atomic E-state index is 11.5. The fourth-order valence-electron chi connectivity index (χ4n) is 0.977. The first-order valence-corrected chi connectivity index (χ1v) is 5.73. The van der Waals surface area contributed by atoms with Gasteiger partial charge in [-0.3, -0.25) is 9.59 Å². The lowest BCUT2D eigenvalue weighted by Gasteiger charge is -2.21. The molecule has 0 aliphatic rings. The molecule has 0 bridgehead atoms. The zero-order valence-electron chi connectivity index (χ0n) is 9.87. The van der Waals surface area contributed by atoms with E-state index >= 15 is 0 Å². The van der Waals surface area contributed by atoms with Gasteiger partial charge in [0.25, 0.3) is 0 Å². The molecule has 0 rings (SSSR count). The van der Waals surface area contributed by atoms with Crippen LogP contribution in [-0.4, -0.2) is 22.6 Å². The van der Waals surface area contributed by atoms with Crippen LogP contribution in [-0.2, 0) is 14.3 Å². The molecule has 0 aromatic carbocycles. The molecule has 0 fully saturated rings. The van der Waals surface area contributed by atoms with Crippen LogP contribution in [0.3, 0.4) is 0 Å². The summed E-state index contributed by atoms with van der Waals surface area (Å²) in [7, 11) is 0. The van der Waals surface area contributed by atoms with Crippen molar-refractivity contribution in [2.24, 2.45) is 0 Å². The molecule has 0 N–H and O–H groups in total. The molecule has 15 heavy (non-hydrogen) atoms. The van der Waals surface area contributed by atoms with E-state index in [4.69, 9.17) is 4.74 Å². The van der Waals surface area contributed by atoms with Crippen LogP contribution in [0, 0.1) is 0 Å². The normalized spacial score (nSPS) is 13.4. The summed E-state index contributed by atoms with van der Waals surface area (Å²) >= 11 is 3.98. The molecule has 0 saturated carbocycles. The van der Waals surface area contributed by atoms with Gasteiger partial charge < -0.3 is 4.74 Å². The molecule has 88 valence electrons. The number of rotatable bonds is 5. The van der Waals surface area contributed by atoms with Gasteiger partial charge in [0, 0.05) is 6.42 Å². The third-order valence-electron chi connectivity index (χ3n) is 1.71. The molecule has 0 aliphatic heterocycles. The number of hydrogen-bond acceptors (Lipinski definition) is 4. The Hall–Kier alpha value is -0.510. The van der Waals surface area contributed by atoms with Crippen molar-refractivity contribution in [2.45, 2.75) is 57.8 Å². The van der Waals surface area contributed by atoms with Crippen LogP contribution in [0.4, 0.5) is 0 Å². The minimum Gasteiger partial charge on any atom is -0.459 e. The fourth-order valence-corrected chi connectivity index (χ4v) is 1.16. The molecule has 0 aliphatic carbocycles. The van der Waals surface area contributed by atoms with Gasteiger partial charge >= 0.3 is 5.97 Å². The van der Waals surface area contributed by atoms with E-state index in [1.165, 1.54) is 0 Å². The number of carbonyl (C=O) groups excluding carboxylic acids is 2. The third-order valence-corrected chi connectivity index (χ3v) is 2.21. The average Bonchev–Trinajstić information content (AvgIpc) is 2.10. The smallest absolute Gasteiger partial charge is 0.326 e. The van der Waals surface area contributed by atoms with Crippen LogP contribution < -0.4 is 0 Å².